The van der Waals surface area contributed by atoms with Crippen molar-refractivity contribution in [3.8, 4) is 11.3 Å². The number of hydrogen-bond donors (Lipinski definition) is 0. The summed E-state index contributed by atoms with van der Waals surface area (Å²) in [6, 6.07) is 10.3. The van der Waals surface area contributed by atoms with Gasteiger partial charge < -0.3 is 4.90 Å². The van der Waals surface area contributed by atoms with Gasteiger partial charge in [0.2, 0.25) is 0 Å². The van der Waals surface area contributed by atoms with Crippen LogP contribution in [0.25, 0.3) is 17.0 Å². The van der Waals surface area contributed by atoms with Crippen LogP contribution in [0.5, 0.6) is 0 Å². The van der Waals surface area contributed by atoms with E-state index in [9.17, 15) is 4.79 Å². The molecule has 1 saturated carbocycles. The standard InChI is InChI=1S/C25H29N5O/c1-5-16(2)30-24(18-9-7-6-8-10-18)20-13-14-29(17(3)22(20)27-30)25(31)21-15-26-28(4)23(21)19-11-12-19/h6-10,15,17,19H,2,5,11-14H2,1,3-4H3. The third-order valence-electron chi connectivity index (χ3n) is 6.68. The summed E-state index contributed by atoms with van der Waals surface area (Å²) in [7, 11) is 1.94. The maximum Gasteiger partial charge on any atom is 0.257 e. The van der Waals surface area contributed by atoms with Crippen molar-refractivity contribution in [2.45, 2.75) is 51.5 Å². The lowest BCUT2D eigenvalue weighted by atomic mass is 9.95. The van der Waals surface area contributed by atoms with E-state index in [0.717, 1.165) is 59.6 Å². The molecule has 1 amide bonds. The Kier molecular flexibility index (Phi) is 4.80. The van der Waals surface area contributed by atoms with E-state index in [-0.39, 0.29) is 11.9 Å². The maximum absolute atomic E-state index is 13.6. The summed E-state index contributed by atoms with van der Waals surface area (Å²) in [6.07, 6.45) is 5.63. The highest BCUT2D eigenvalue weighted by Crippen LogP contribution is 2.43. The fourth-order valence-corrected chi connectivity index (χ4v) is 4.78. The minimum absolute atomic E-state index is 0.0679. The number of fused-ring (bicyclic) bond motifs is 1. The van der Waals surface area contributed by atoms with Crippen molar-refractivity contribution in [2.24, 2.45) is 7.05 Å². The first kappa shape index (κ1) is 19.8. The molecule has 160 valence electrons. The van der Waals surface area contributed by atoms with E-state index >= 15 is 0 Å². The third kappa shape index (κ3) is 3.21. The quantitative estimate of drug-likeness (QED) is 0.601. The highest BCUT2D eigenvalue weighted by atomic mass is 16.2. The highest BCUT2D eigenvalue weighted by Gasteiger charge is 2.37. The molecule has 6 nitrogen and oxygen atoms in total. The van der Waals surface area contributed by atoms with E-state index in [1.54, 1.807) is 6.20 Å². The lowest BCUT2D eigenvalue weighted by molar-refractivity contribution is 0.0672. The number of allylic oxidation sites excluding steroid dienone is 1. The number of amides is 1. The molecule has 1 fully saturated rings. The lowest BCUT2D eigenvalue weighted by Crippen LogP contribution is -2.39. The molecule has 1 aliphatic carbocycles. The van der Waals surface area contributed by atoms with Crippen LogP contribution >= 0.6 is 0 Å². The van der Waals surface area contributed by atoms with Gasteiger partial charge in [-0.1, -0.05) is 43.8 Å². The van der Waals surface area contributed by atoms with Gasteiger partial charge in [0.15, 0.2) is 0 Å². The van der Waals surface area contributed by atoms with E-state index in [0.29, 0.717) is 12.5 Å². The van der Waals surface area contributed by atoms with Gasteiger partial charge in [0.05, 0.1) is 34.9 Å². The highest BCUT2D eigenvalue weighted by molar-refractivity contribution is 5.96. The number of carbonyl (C=O) groups is 1. The molecule has 1 aliphatic heterocycles. The van der Waals surface area contributed by atoms with Crippen LogP contribution in [0.3, 0.4) is 0 Å². The summed E-state index contributed by atoms with van der Waals surface area (Å²) >= 11 is 0. The maximum atomic E-state index is 13.6. The molecule has 0 N–H and O–H groups in total. The van der Waals surface area contributed by atoms with Gasteiger partial charge in [-0.2, -0.15) is 10.2 Å². The Morgan fingerprint density at radius 3 is 2.65 bits per heavy atom. The van der Waals surface area contributed by atoms with Crippen LogP contribution in [-0.2, 0) is 13.5 Å². The van der Waals surface area contributed by atoms with Gasteiger partial charge in [-0.05, 0) is 32.6 Å². The smallest absolute Gasteiger partial charge is 0.257 e. The van der Waals surface area contributed by atoms with E-state index in [1.165, 1.54) is 5.56 Å². The zero-order valence-corrected chi connectivity index (χ0v) is 18.5. The molecule has 1 unspecified atom stereocenters. The average Bonchev–Trinajstić information content (AvgIpc) is 3.43. The first-order chi connectivity index (χ1) is 15.0. The molecule has 0 radical (unpaired) electrons. The second kappa shape index (κ2) is 7.52. The zero-order chi connectivity index (χ0) is 21.7. The lowest BCUT2D eigenvalue weighted by Gasteiger charge is -2.33. The Bertz CT molecular complexity index is 1150. The number of rotatable bonds is 5. The van der Waals surface area contributed by atoms with Crippen molar-refractivity contribution < 1.29 is 4.79 Å². The van der Waals surface area contributed by atoms with Crippen LogP contribution < -0.4 is 0 Å². The minimum atomic E-state index is -0.100. The summed E-state index contributed by atoms with van der Waals surface area (Å²) < 4.78 is 3.86. The van der Waals surface area contributed by atoms with Crippen molar-refractivity contribution in [1.29, 1.82) is 0 Å². The molecule has 31 heavy (non-hydrogen) atoms. The van der Waals surface area contributed by atoms with Gasteiger partial charge in [-0.15, -0.1) is 0 Å². The molecule has 2 aromatic heterocycles. The molecule has 0 spiro atoms. The summed E-state index contributed by atoms with van der Waals surface area (Å²) in [5.41, 5.74) is 7.25. The topological polar surface area (TPSA) is 56.0 Å². The predicted molar refractivity (Wildman–Crippen MR) is 122 cm³/mol. The Morgan fingerprint density at radius 2 is 1.97 bits per heavy atom. The van der Waals surface area contributed by atoms with Crippen LogP contribution in [0, 0.1) is 0 Å². The number of aryl methyl sites for hydroxylation is 1. The van der Waals surface area contributed by atoms with Crippen LogP contribution in [0.4, 0.5) is 0 Å². The molecule has 2 aliphatic rings. The first-order valence-electron chi connectivity index (χ1n) is 11.2. The second-order valence-corrected chi connectivity index (χ2v) is 8.68. The minimum Gasteiger partial charge on any atom is -0.330 e. The fourth-order valence-electron chi connectivity index (χ4n) is 4.78. The summed E-state index contributed by atoms with van der Waals surface area (Å²) in [5, 5.41) is 9.38. The number of carbonyl (C=O) groups excluding carboxylic acids is 1. The summed E-state index contributed by atoms with van der Waals surface area (Å²) in [6.45, 7) is 9.11. The van der Waals surface area contributed by atoms with E-state index < -0.39 is 0 Å². The van der Waals surface area contributed by atoms with Crippen molar-refractivity contribution >= 4 is 11.6 Å². The van der Waals surface area contributed by atoms with E-state index in [1.807, 2.05) is 27.4 Å². The Hall–Kier alpha value is -3.15. The van der Waals surface area contributed by atoms with Crippen LogP contribution in [0.1, 0.15) is 72.4 Å². The van der Waals surface area contributed by atoms with Crippen LogP contribution in [0.2, 0.25) is 0 Å². The molecule has 1 atom stereocenters. The zero-order valence-electron chi connectivity index (χ0n) is 18.5. The molecular formula is C25H29N5O. The molecule has 6 heteroatoms. The number of aromatic nitrogens is 4. The molecule has 1 aromatic carbocycles. The SMILES string of the molecule is C=C(CC)n1nc2c(c1-c1ccccc1)CCN(C(=O)c1cnn(C)c1C1CC1)C2C. The Balaban J connectivity index is 1.54. The largest absolute Gasteiger partial charge is 0.330 e. The van der Waals surface area contributed by atoms with Crippen LogP contribution in [0.15, 0.2) is 43.1 Å². The van der Waals surface area contributed by atoms with E-state index in [4.69, 9.17) is 5.10 Å². The Labute approximate surface area is 183 Å². The van der Waals surface area contributed by atoms with Gasteiger partial charge in [0.25, 0.3) is 5.91 Å². The average molecular weight is 416 g/mol. The van der Waals surface area contributed by atoms with Crippen molar-refractivity contribution in [3.05, 3.63) is 65.6 Å². The number of benzene rings is 1. The molecule has 3 heterocycles. The van der Waals surface area contributed by atoms with Crippen LogP contribution in [-0.4, -0.2) is 36.9 Å². The summed E-state index contributed by atoms with van der Waals surface area (Å²) in [4.78, 5) is 15.5. The summed E-state index contributed by atoms with van der Waals surface area (Å²) in [5.74, 6) is 0.539. The predicted octanol–water partition coefficient (Wildman–Crippen LogP) is 4.80. The molecule has 0 bridgehead atoms. The normalized spacial score (nSPS) is 18.2. The van der Waals surface area contributed by atoms with Crippen molar-refractivity contribution in [3.63, 3.8) is 0 Å². The molecule has 5 rings (SSSR count). The van der Waals surface area contributed by atoms with E-state index in [2.05, 4.69) is 49.8 Å². The fraction of sp³-hybridized carbons (Fsp3) is 0.400. The number of nitrogens with zero attached hydrogens (tertiary/aromatic N) is 5. The van der Waals surface area contributed by atoms with Gasteiger partial charge >= 0.3 is 0 Å². The van der Waals surface area contributed by atoms with Crippen molar-refractivity contribution in [1.82, 2.24) is 24.5 Å². The third-order valence-corrected chi connectivity index (χ3v) is 6.68. The van der Waals surface area contributed by atoms with Gasteiger partial charge in [0, 0.05) is 36.3 Å². The number of hydrogen-bond acceptors (Lipinski definition) is 3. The van der Waals surface area contributed by atoms with Gasteiger partial charge in [-0.25, -0.2) is 4.68 Å². The first-order valence-corrected chi connectivity index (χ1v) is 11.2. The van der Waals surface area contributed by atoms with Crippen molar-refractivity contribution in [2.75, 3.05) is 6.54 Å². The molecule has 0 saturated heterocycles. The van der Waals surface area contributed by atoms with Gasteiger partial charge in [-0.3, -0.25) is 9.48 Å². The van der Waals surface area contributed by atoms with Gasteiger partial charge in [0.1, 0.15) is 0 Å². The monoisotopic (exact) mass is 415 g/mol. The molecule has 3 aromatic rings. The Morgan fingerprint density at radius 1 is 1.23 bits per heavy atom. The molecular weight excluding hydrogens is 386 g/mol. The second-order valence-electron chi connectivity index (χ2n) is 8.68.